The Hall–Kier alpha value is -3.00. The average molecular weight is 481 g/mol. The highest BCUT2D eigenvalue weighted by molar-refractivity contribution is 7.85. The fourth-order valence-electron chi connectivity index (χ4n) is 4.07. The molecule has 5 rings (SSSR count). The Kier molecular flexibility index (Phi) is 6.01. The number of hydrogen-bond donors (Lipinski definition) is 0. The number of nitrogens with zero attached hydrogens (tertiary/aromatic N) is 2. The lowest BCUT2D eigenvalue weighted by Crippen LogP contribution is -2.40. The number of ether oxygens (including phenoxy) is 1. The number of morpholine rings is 1. The second-order valence-corrected chi connectivity index (χ2v) is 9.72. The highest BCUT2D eigenvalue weighted by atomic mass is 35.5. The van der Waals surface area contributed by atoms with E-state index >= 15 is 0 Å². The summed E-state index contributed by atoms with van der Waals surface area (Å²) in [7, 11) is -1.57. The Bertz CT molecular complexity index is 1260. The van der Waals surface area contributed by atoms with Crippen LogP contribution in [0.5, 0.6) is 0 Å². The third-order valence-corrected chi connectivity index (χ3v) is 7.56. The molecule has 0 aromatic heterocycles. The van der Waals surface area contributed by atoms with E-state index < -0.39 is 10.8 Å². The van der Waals surface area contributed by atoms with E-state index in [1.54, 1.807) is 64.4 Å². The Balaban J connectivity index is 1.61. The quantitative estimate of drug-likeness (QED) is 0.565. The Morgan fingerprint density at radius 1 is 0.970 bits per heavy atom. The first-order valence-electron chi connectivity index (χ1n) is 10.6. The van der Waals surface area contributed by atoms with E-state index in [1.165, 1.54) is 0 Å². The van der Waals surface area contributed by atoms with Gasteiger partial charge < -0.3 is 14.5 Å². The first-order valence-corrected chi connectivity index (χ1v) is 12.1. The zero-order valence-electron chi connectivity index (χ0n) is 17.7. The molecule has 0 N–H and O–H groups in total. The molecule has 3 aromatic rings. The van der Waals surface area contributed by atoms with Crippen LogP contribution in [0, 0.1) is 0 Å². The maximum atomic E-state index is 13.7. The monoisotopic (exact) mass is 480 g/mol. The average Bonchev–Trinajstić information content (AvgIpc) is 2.95. The van der Waals surface area contributed by atoms with Gasteiger partial charge in [0.25, 0.3) is 11.8 Å². The second kappa shape index (κ2) is 9.09. The maximum Gasteiger partial charge on any atom is 0.259 e. The van der Waals surface area contributed by atoms with Crippen LogP contribution >= 0.6 is 11.6 Å². The molecule has 1 atom stereocenters. The van der Waals surface area contributed by atoms with Crippen molar-refractivity contribution < 1.29 is 18.5 Å². The van der Waals surface area contributed by atoms with E-state index in [2.05, 4.69) is 0 Å². The fourth-order valence-corrected chi connectivity index (χ4v) is 5.55. The van der Waals surface area contributed by atoms with Crippen molar-refractivity contribution in [3.8, 4) is 0 Å². The van der Waals surface area contributed by atoms with Crippen LogP contribution in [0.15, 0.2) is 76.5 Å². The highest BCUT2D eigenvalue weighted by Gasteiger charge is 2.32. The van der Waals surface area contributed by atoms with Crippen molar-refractivity contribution in [1.29, 1.82) is 0 Å². The molecular weight excluding hydrogens is 460 g/mol. The number of rotatable bonds is 3. The van der Waals surface area contributed by atoms with E-state index in [1.807, 2.05) is 12.1 Å². The number of amides is 2. The first kappa shape index (κ1) is 21.8. The van der Waals surface area contributed by atoms with Gasteiger partial charge in [0.1, 0.15) is 0 Å². The molecule has 0 spiro atoms. The zero-order chi connectivity index (χ0) is 22.9. The normalized spacial score (nSPS) is 17.8. The summed E-state index contributed by atoms with van der Waals surface area (Å²) in [6.45, 7) is 2.28. The van der Waals surface area contributed by atoms with E-state index in [9.17, 15) is 13.8 Å². The summed E-state index contributed by atoms with van der Waals surface area (Å²) in [5.41, 5.74) is 2.19. The SMILES string of the molecule is O=C(c1ccc2c(c1)N(Cc1ccc(Cl)cc1)C(=O)c1ccccc1[S@]2=O)N1CCOCC1. The molecule has 0 bridgehead atoms. The predicted octanol–water partition coefficient (Wildman–Crippen LogP) is 4.14. The second-order valence-electron chi connectivity index (χ2n) is 7.87. The summed E-state index contributed by atoms with van der Waals surface area (Å²) in [5, 5.41) is 0.603. The molecule has 168 valence electrons. The molecule has 33 heavy (non-hydrogen) atoms. The third-order valence-electron chi connectivity index (χ3n) is 5.81. The molecule has 2 aliphatic rings. The van der Waals surface area contributed by atoms with E-state index in [-0.39, 0.29) is 18.4 Å². The van der Waals surface area contributed by atoms with Crippen molar-refractivity contribution in [1.82, 2.24) is 4.90 Å². The van der Waals surface area contributed by atoms with Gasteiger partial charge in [-0.15, -0.1) is 0 Å². The number of hydrogen-bond acceptors (Lipinski definition) is 4. The van der Waals surface area contributed by atoms with Gasteiger partial charge in [-0.3, -0.25) is 9.59 Å². The number of carbonyl (C=O) groups is 2. The van der Waals surface area contributed by atoms with Crippen molar-refractivity contribution in [3.05, 3.63) is 88.4 Å². The summed E-state index contributed by atoms with van der Waals surface area (Å²) < 4.78 is 18.9. The molecular formula is C25H21ClN2O4S. The molecule has 6 nitrogen and oxygen atoms in total. The number of carbonyl (C=O) groups excluding carboxylic acids is 2. The molecule has 0 radical (unpaired) electrons. The molecule has 0 unspecified atom stereocenters. The standard InChI is InChI=1S/C25H21ClN2O4S/c26-19-8-5-17(6-9-19)16-28-21-15-18(24(29)27-11-13-32-14-12-27)7-10-23(21)33(31)22-4-2-1-3-20(22)25(28)30/h1-10,15H,11-14,16H2/t33-/m1/s1. The molecule has 2 heterocycles. The number of fused-ring (bicyclic) bond motifs is 2. The van der Waals surface area contributed by atoms with Gasteiger partial charge in [0.2, 0.25) is 0 Å². The molecule has 3 aromatic carbocycles. The maximum absolute atomic E-state index is 13.7. The molecule has 1 fully saturated rings. The lowest BCUT2D eigenvalue weighted by Gasteiger charge is -2.28. The molecule has 1 saturated heterocycles. The Morgan fingerprint density at radius 3 is 2.45 bits per heavy atom. The smallest absolute Gasteiger partial charge is 0.259 e. The van der Waals surface area contributed by atoms with Crippen LogP contribution < -0.4 is 4.90 Å². The highest BCUT2D eigenvalue weighted by Crippen LogP contribution is 2.36. The van der Waals surface area contributed by atoms with Gasteiger partial charge in [0.15, 0.2) is 0 Å². The van der Waals surface area contributed by atoms with Gasteiger partial charge in [-0.25, -0.2) is 4.21 Å². The summed E-state index contributed by atoms with van der Waals surface area (Å²) in [5.74, 6) is -0.392. The number of anilines is 1. The van der Waals surface area contributed by atoms with Crippen molar-refractivity contribution in [2.75, 3.05) is 31.2 Å². The minimum Gasteiger partial charge on any atom is -0.378 e. The van der Waals surface area contributed by atoms with Crippen LogP contribution in [-0.2, 0) is 22.1 Å². The van der Waals surface area contributed by atoms with Gasteiger partial charge in [-0.1, -0.05) is 35.9 Å². The minimum atomic E-state index is -1.57. The van der Waals surface area contributed by atoms with Crippen LogP contribution in [-0.4, -0.2) is 47.2 Å². The predicted molar refractivity (Wildman–Crippen MR) is 126 cm³/mol. The largest absolute Gasteiger partial charge is 0.378 e. The Labute approximate surface area is 199 Å². The summed E-state index contributed by atoms with van der Waals surface area (Å²) >= 11 is 6.03. The van der Waals surface area contributed by atoms with Crippen LogP contribution in [0.2, 0.25) is 5.02 Å². The molecule has 2 aliphatic heterocycles. The van der Waals surface area contributed by atoms with Gasteiger partial charge in [-0.2, -0.15) is 0 Å². The van der Waals surface area contributed by atoms with E-state index in [4.69, 9.17) is 16.3 Å². The van der Waals surface area contributed by atoms with Crippen LogP contribution in [0.4, 0.5) is 5.69 Å². The number of halogens is 1. The van der Waals surface area contributed by atoms with Crippen LogP contribution in [0.3, 0.4) is 0 Å². The summed E-state index contributed by atoms with van der Waals surface area (Å²) in [4.78, 5) is 31.1. The van der Waals surface area contributed by atoms with Crippen LogP contribution in [0.1, 0.15) is 26.3 Å². The van der Waals surface area contributed by atoms with E-state index in [0.717, 1.165) is 5.56 Å². The van der Waals surface area contributed by atoms with Gasteiger partial charge in [0.05, 0.1) is 51.6 Å². The van der Waals surface area contributed by atoms with Crippen molar-refractivity contribution in [3.63, 3.8) is 0 Å². The summed E-state index contributed by atoms with van der Waals surface area (Å²) in [6, 6.07) is 19.3. The molecule has 0 aliphatic carbocycles. The van der Waals surface area contributed by atoms with Crippen molar-refractivity contribution >= 4 is 39.9 Å². The minimum absolute atomic E-state index is 0.132. The van der Waals surface area contributed by atoms with E-state index in [0.29, 0.717) is 57.9 Å². The Morgan fingerprint density at radius 2 is 1.70 bits per heavy atom. The fraction of sp³-hybridized carbons (Fsp3) is 0.200. The van der Waals surface area contributed by atoms with Gasteiger partial charge in [0, 0.05) is 23.7 Å². The zero-order valence-corrected chi connectivity index (χ0v) is 19.3. The van der Waals surface area contributed by atoms with Crippen molar-refractivity contribution in [2.24, 2.45) is 0 Å². The molecule has 8 heteroatoms. The lowest BCUT2D eigenvalue weighted by molar-refractivity contribution is 0.0303. The molecule has 2 amide bonds. The lowest BCUT2D eigenvalue weighted by atomic mass is 10.1. The topological polar surface area (TPSA) is 66.9 Å². The molecule has 0 saturated carbocycles. The first-order chi connectivity index (χ1) is 16.0. The van der Waals surface area contributed by atoms with Gasteiger partial charge in [-0.05, 0) is 48.0 Å². The van der Waals surface area contributed by atoms with Crippen LogP contribution in [0.25, 0.3) is 0 Å². The third kappa shape index (κ3) is 4.19. The number of benzene rings is 3. The summed E-state index contributed by atoms with van der Waals surface area (Å²) in [6.07, 6.45) is 0. The van der Waals surface area contributed by atoms with Gasteiger partial charge >= 0.3 is 0 Å². The van der Waals surface area contributed by atoms with Crippen molar-refractivity contribution in [2.45, 2.75) is 16.3 Å².